The van der Waals surface area contributed by atoms with Crippen LogP contribution in [0.4, 0.5) is 4.39 Å². The van der Waals surface area contributed by atoms with Gasteiger partial charge in [0.25, 0.3) is 5.91 Å². The monoisotopic (exact) mass is 180 g/mol. The van der Waals surface area contributed by atoms with Crippen LogP contribution in [0.25, 0.3) is 11.0 Å². The Balaban J connectivity index is 2.79. The van der Waals surface area contributed by atoms with Gasteiger partial charge >= 0.3 is 0 Å². The van der Waals surface area contributed by atoms with Crippen LogP contribution in [0.3, 0.4) is 0 Å². The van der Waals surface area contributed by atoms with Crippen LogP contribution in [0.2, 0.25) is 0 Å². The van der Waals surface area contributed by atoms with Crippen molar-refractivity contribution in [3.05, 3.63) is 29.7 Å². The highest BCUT2D eigenvalue weighted by molar-refractivity contribution is 6.03. The van der Waals surface area contributed by atoms with Gasteiger partial charge in [0.1, 0.15) is 5.82 Å². The molecule has 0 aliphatic carbocycles. The van der Waals surface area contributed by atoms with Crippen LogP contribution in [0, 0.1) is 5.82 Å². The van der Waals surface area contributed by atoms with E-state index in [2.05, 4.69) is 5.16 Å². The number of primary amides is 1. The number of rotatable bonds is 1. The van der Waals surface area contributed by atoms with Gasteiger partial charge in [-0.2, -0.15) is 0 Å². The molecule has 2 N–H and O–H groups in total. The first-order chi connectivity index (χ1) is 6.18. The molecular formula is C8H5FN2O2. The van der Waals surface area contributed by atoms with Gasteiger partial charge in [0.2, 0.25) is 0 Å². The zero-order valence-corrected chi connectivity index (χ0v) is 6.45. The summed E-state index contributed by atoms with van der Waals surface area (Å²) in [6.45, 7) is 0. The molecule has 0 saturated carbocycles. The lowest BCUT2D eigenvalue weighted by molar-refractivity contribution is 0.0993. The third kappa shape index (κ3) is 1.14. The van der Waals surface area contributed by atoms with Crippen molar-refractivity contribution in [2.24, 2.45) is 5.73 Å². The van der Waals surface area contributed by atoms with Crippen LogP contribution in [0.5, 0.6) is 0 Å². The topological polar surface area (TPSA) is 69.1 Å². The molecule has 0 saturated heterocycles. The molecule has 1 aromatic heterocycles. The van der Waals surface area contributed by atoms with Crippen molar-refractivity contribution in [2.75, 3.05) is 0 Å². The molecule has 13 heavy (non-hydrogen) atoms. The minimum Gasteiger partial charge on any atom is -0.364 e. The van der Waals surface area contributed by atoms with Crippen molar-refractivity contribution < 1.29 is 13.7 Å². The molecule has 4 nitrogen and oxygen atoms in total. The fourth-order valence-electron chi connectivity index (χ4n) is 1.09. The summed E-state index contributed by atoms with van der Waals surface area (Å²) >= 11 is 0. The molecule has 1 heterocycles. The van der Waals surface area contributed by atoms with Crippen molar-refractivity contribution in [1.29, 1.82) is 0 Å². The first kappa shape index (κ1) is 7.72. The molecule has 2 rings (SSSR count). The third-order valence-electron chi connectivity index (χ3n) is 1.67. The summed E-state index contributed by atoms with van der Waals surface area (Å²) in [6.07, 6.45) is 0. The van der Waals surface area contributed by atoms with Gasteiger partial charge < -0.3 is 10.3 Å². The van der Waals surface area contributed by atoms with E-state index < -0.39 is 11.7 Å². The van der Waals surface area contributed by atoms with E-state index in [-0.39, 0.29) is 5.69 Å². The van der Waals surface area contributed by atoms with Gasteiger partial charge in [0.15, 0.2) is 11.3 Å². The number of fused-ring (bicyclic) bond motifs is 1. The van der Waals surface area contributed by atoms with E-state index in [1.807, 2.05) is 0 Å². The Kier molecular flexibility index (Phi) is 1.51. The average molecular weight is 180 g/mol. The zero-order chi connectivity index (χ0) is 9.42. The van der Waals surface area contributed by atoms with E-state index in [0.717, 1.165) is 6.07 Å². The minimum absolute atomic E-state index is 0.0468. The Hall–Kier alpha value is -1.91. The van der Waals surface area contributed by atoms with Crippen molar-refractivity contribution in [1.82, 2.24) is 5.16 Å². The molecule has 2 aromatic rings. The van der Waals surface area contributed by atoms with Gasteiger partial charge in [-0.05, 0) is 18.2 Å². The van der Waals surface area contributed by atoms with E-state index >= 15 is 0 Å². The molecule has 0 spiro atoms. The Labute approximate surface area is 72.1 Å². The Bertz CT molecular complexity index is 478. The molecule has 0 radical (unpaired) electrons. The fraction of sp³-hybridized carbons (Fsp3) is 0. The van der Waals surface area contributed by atoms with Gasteiger partial charge in [-0.1, -0.05) is 5.16 Å². The van der Waals surface area contributed by atoms with Gasteiger partial charge in [0.05, 0.1) is 5.39 Å². The number of hydrogen-bond donors (Lipinski definition) is 1. The largest absolute Gasteiger partial charge is 0.364 e. The standard InChI is InChI=1S/C8H5FN2O2/c9-4-1-2-6-5(3-4)7(8(10)12)11-13-6/h1-3H,(H2,10,12). The number of nitrogens with two attached hydrogens (primary N) is 1. The Morgan fingerprint density at radius 1 is 1.54 bits per heavy atom. The van der Waals surface area contributed by atoms with E-state index in [0.29, 0.717) is 11.0 Å². The predicted octanol–water partition coefficient (Wildman–Crippen LogP) is 1.07. The van der Waals surface area contributed by atoms with Crippen LogP contribution in [0.15, 0.2) is 22.7 Å². The SMILES string of the molecule is NC(=O)c1noc2ccc(F)cc12. The molecule has 5 heteroatoms. The number of carbonyl (C=O) groups excluding carboxylic acids is 1. The van der Waals surface area contributed by atoms with Crippen LogP contribution in [0.1, 0.15) is 10.5 Å². The van der Waals surface area contributed by atoms with Crippen molar-refractivity contribution >= 4 is 16.9 Å². The lowest BCUT2D eigenvalue weighted by Crippen LogP contribution is -2.11. The highest BCUT2D eigenvalue weighted by Gasteiger charge is 2.13. The summed E-state index contributed by atoms with van der Waals surface area (Å²) in [5, 5.41) is 3.72. The normalized spacial score (nSPS) is 10.5. The second-order valence-corrected chi connectivity index (χ2v) is 2.54. The first-order valence-electron chi connectivity index (χ1n) is 3.53. The fourth-order valence-corrected chi connectivity index (χ4v) is 1.09. The zero-order valence-electron chi connectivity index (χ0n) is 6.45. The van der Waals surface area contributed by atoms with Crippen molar-refractivity contribution in [2.45, 2.75) is 0 Å². The lowest BCUT2D eigenvalue weighted by atomic mass is 10.2. The quantitative estimate of drug-likeness (QED) is 0.713. The number of hydrogen-bond acceptors (Lipinski definition) is 3. The first-order valence-corrected chi connectivity index (χ1v) is 3.53. The molecule has 0 aliphatic heterocycles. The summed E-state index contributed by atoms with van der Waals surface area (Å²) < 4.78 is 17.5. The third-order valence-corrected chi connectivity index (χ3v) is 1.67. The summed E-state index contributed by atoms with van der Waals surface area (Å²) in [4.78, 5) is 10.8. The average Bonchev–Trinajstić information content (AvgIpc) is 2.46. The molecule has 0 aliphatic rings. The second kappa shape index (κ2) is 2.55. The molecule has 66 valence electrons. The van der Waals surface area contributed by atoms with Crippen molar-refractivity contribution in [3.8, 4) is 0 Å². The highest BCUT2D eigenvalue weighted by Crippen LogP contribution is 2.18. The van der Waals surface area contributed by atoms with Crippen LogP contribution < -0.4 is 5.73 Å². The molecule has 0 fully saturated rings. The number of halogens is 1. The highest BCUT2D eigenvalue weighted by atomic mass is 19.1. The summed E-state index contributed by atoms with van der Waals surface area (Å²) in [7, 11) is 0. The summed E-state index contributed by atoms with van der Waals surface area (Å²) in [5.41, 5.74) is 5.29. The maximum Gasteiger partial charge on any atom is 0.271 e. The maximum absolute atomic E-state index is 12.7. The second-order valence-electron chi connectivity index (χ2n) is 2.54. The van der Waals surface area contributed by atoms with Crippen LogP contribution in [-0.2, 0) is 0 Å². The molecule has 1 amide bonds. The lowest BCUT2D eigenvalue weighted by Gasteiger charge is -1.88. The number of benzene rings is 1. The molecule has 0 bridgehead atoms. The number of carbonyl (C=O) groups is 1. The summed E-state index contributed by atoms with van der Waals surface area (Å²) in [6, 6.07) is 3.77. The van der Waals surface area contributed by atoms with E-state index in [1.165, 1.54) is 12.1 Å². The van der Waals surface area contributed by atoms with E-state index in [1.54, 1.807) is 0 Å². The van der Waals surface area contributed by atoms with E-state index in [9.17, 15) is 9.18 Å². The van der Waals surface area contributed by atoms with Crippen LogP contribution in [-0.4, -0.2) is 11.1 Å². The molecule has 0 atom stereocenters. The molecule has 1 aromatic carbocycles. The van der Waals surface area contributed by atoms with Gasteiger partial charge in [0, 0.05) is 0 Å². The number of nitrogens with zero attached hydrogens (tertiary/aromatic N) is 1. The minimum atomic E-state index is -0.732. The maximum atomic E-state index is 12.7. The van der Waals surface area contributed by atoms with Gasteiger partial charge in [-0.25, -0.2) is 4.39 Å². The smallest absolute Gasteiger partial charge is 0.271 e. The Morgan fingerprint density at radius 2 is 2.31 bits per heavy atom. The number of aromatic nitrogens is 1. The van der Waals surface area contributed by atoms with Crippen LogP contribution >= 0.6 is 0 Å². The summed E-state index contributed by atoms with van der Waals surface area (Å²) in [5.74, 6) is -1.19. The molecular weight excluding hydrogens is 175 g/mol. The van der Waals surface area contributed by atoms with Gasteiger partial charge in [-0.15, -0.1) is 0 Å². The van der Waals surface area contributed by atoms with E-state index in [4.69, 9.17) is 10.3 Å². The predicted molar refractivity (Wildman–Crippen MR) is 42.5 cm³/mol. The Morgan fingerprint density at radius 3 is 3.00 bits per heavy atom. The van der Waals surface area contributed by atoms with Gasteiger partial charge in [-0.3, -0.25) is 4.79 Å². The molecule has 0 unspecified atom stereocenters. The number of amides is 1. The van der Waals surface area contributed by atoms with Crippen molar-refractivity contribution in [3.63, 3.8) is 0 Å².